The molecule has 0 aliphatic heterocycles. The molecule has 1 N–H and O–H groups in total. The summed E-state index contributed by atoms with van der Waals surface area (Å²) in [6.07, 6.45) is 7.40. The third kappa shape index (κ3) is 2.12. The molecule has 0 amide bonds. The first-order valence-corrected chi connectivity index (χ1v) is 6.19. The highest BCUT2D eigenvalue weighted by atomic mass is 32.1. The maximum absolute atomic E-state index is 3.95. The van der Waals surface area contributed by atoms with E-state index < -0.39 is 0 Å². The van der Waals surface area contributed by atoms with Crippen molar-refractivity contribution in [3.8, 4) is 0 Å². The van der Waals surface area contributed by atoms with E-state index in [2.05, 4.69) is 21.8 Å². The largest absolute Gasteiger partial charge is 0.309 e. The third-order valence-corrected chi connectivity index (χ3v) is 3.73. The molecule has 14 heavy (non-hydrogen) atoms. The lowest BCUT2D eigenvalue weighted by Gasteiger charge is -2.22. The van der Waals surface area contributed by atoms with Crippen LogP contribution in [0, 0.1) is 5.92 Å². The van der Waals surface area contributed by atoms with Gasteiger partial charge in [-0.1, -0.05) is 24.3 Å². The van der Waals surface area contributed by atoms with E-state index in [0.29, 0.717) is 6.04 Å². The summed E-state index contributed by atoms with van der Waals surface area (Å²) in [6, 6.07) is 0.502. The molecule has 1 atom stereocenters. The standard InChI is InChI=1S/C10H17N3S/c1-2-11-10(8-5-3-4-6-8)9-7-12-13-14-9/h7-8,10-11H,2-6H2,1H3. The zero-order valence-corrected chi connectivity index (χ0v) is 9.39. The van der Waals surface area contributed by atoms with Gasteiger partial charge in [0.25, 0.3) is 0 Å². The van der Waals surface area contributed by atoms with E-state index >= 15 is 0 Å². The van der Waals surface area contributed by atoms with Gasteiger partial charge in [-0.15, -0.1) is 5.10 Å². The van der Waals surface area contributed by atoms with Crippen molar-refractivity contribution in [1.82, 2.24) is 14.9 Å². The SMILES string of the molecule is CCNC(c1cnns1)C1CCCC1. The Morgan fingerprint density at radius 2 is 2.36 bits per heavy atom. The molecule has 1 fully saturated rings. The average molecular weight is 211 g/mol. The first-order valence-electron chi connectivity index (χ1n) is 5.42. The molecule has 1 aliphatic carbocycles. The average Bonchev–Trinajstić information content (AvgIpc) is 2.87. The van der Waals surface area contributed by atoms with Crippen molar-refractivity contribution in [3.05, 3.63) is 11.1 Å². The number of hydrogen-bond acceptors (Lipinski definition) is 4. The molecule has 1 aliphatic rings. The maximum atomic E-state index is 3.95. The van der Waals surface area contributed by atoms with Crippen LogP contribution in [0.3, 0.4) is 0 Å². The van der Waals surface area contributed by atoms with Crippen LogP contribution in [0.15, 0.2) is 6.20 Å². The minimum Gasteiger partial charge on any atom is -0.309 e. The third-order valence-electron chi connectivity index (χ3n) is 2.98. The van der Waals surface area contributed by atoms with Crippen molar-refractivity contribution < 1.29 is 0 Å². The molecular weight excluding hydrogens is 194 g/mol. The minimum absolute atomic E-state index is 0.502. The Morgan fingerprint density at radius 3 is 2.93 bits per heavy atom. The lowest BCUT2D eigenvalue weighted by molar-refractivity contribution is 0.379. The van der Waals surface area contributed by atoms with Gasteiger partial charge in [0.05, 0.1) is 11.1 Å². The lowest BCUT2D eigenvalue weighted by atomic mass is 9.97. The van der Waals surface area contributed by atoms with Gasteiger partial charge in [0, 0.05) is 6.04 Å². The number of aromatic nitrogens is 2. The Bertz CT molecular complexity index is 254. The summed E-state index contributed by atoms with van der Waals surface area (Å²) in [7, 11) is 0. The van der Waals surface area contributed by atoms with Gasteiger partial charge >= 0.3 is 0 Å². The van der Waals surface area contributed by atoms with Gasteiger partial charge in [-0.3, -0.25) is 0 Å². The maximum Gasteiger partial charge on any atom is 0.0669 e. The fourth-order valence-corrected chi connectivity index (χ4v) is 2.99. The monoisotopic (exact) mass is 211 g/mol. The lowest BCUT2D eigenvalue weighted by Crippen LogP contribution is -2.26. The summed E-state index contributed by atoms with van der Waals surface area (Å²) >= 11 is 1.53. The summed E-state index contributed by atoms with van der Waals surface area (Å²) in [6.45, 7) is 3.19. The van der Waals surface area contributed by atoms with Crippen molar-refractivity contribution in [2.24, 2.45) is 5.92 Å². The fraction of sp³-hybridized carbons (Fsp3) is 0.800. The first kappa shape index (κ1) is 10.1. The van der Waals surface area contributed by atoms with Crippen LogP contribution in [0.25, 0.3) is 0 Å². The molecule has 0 radical (unpaired) electrons. The van der Waals surface area contributed by atoms with Gasteiger partial charge in [-0.25, -0.2) is 0 Å². The fourth-order valence-electron chi connectivity index (χ4n) is 2.32. The van der Waals surface area contributed by atoms with Crippen LogP contribution in [0.5, 0.6) is 0 Å². The van der Waals surface area contributed by atoms with Gasteiger partial charge in [-0.05, 0) is 36.8 Å². The Balaban J connectivity index is 2.06. The molecule has 78 valence electrons. The highest BCUT2D eigenvalue weighted by molar-refractivity contribution is 7.05. The first-order chi connectivity index (χ1) is 6.92. The van der Waals surface area contributed by atoms with Crippen molar-refractivity contribution in [2.75, 3.05) is 6.54 Å². The molecule has 0 saturated heterocycles. The molecule has 1 unspecified atom stereocenters. The molecule has 0 spiro atoms. The molecule has 2 rings (SSSR count). The van der Waals surface area contributed by atoms with Crippen molar-refractivity contribution in [3.63, 3.8) is 0 Å². The van der Waals surface area contributed by atoms with Crippen LogP contribution < -0.4 is 5.32 Å². The van der Waals surface area contributed by atoms with E-state index in [1.54, 1.807) is 0 Å². The molecule has 1 saturated carbocycles. The quantitative estimate of drug-likeness (QED) is 0.831. The van der Waals surface area contributed by atoms with Crippen LogP contribution >= 0.6 is 11.5 Å². The summed E-state index contributed by atoms with van der Waals surface area (Å²) in [5.74, 6) is 0.803. The van der Waals surface area contributed by atoms with Crippen molar-refractivity contribution in [1.29, 1.82) is 0 Å². The zero-order chi connectivity index (χ0) is 9.80. The normalized spacial score (nSPS) is 20.1. The predicted molar refractivity (Wildman–Crippen MR) is 58.3 cm³/mol. The summed E-state index contributed by atoms with van der Waals surface area (Å²) < 4.78 is 3.95. The number of nitrogens with zero attached hydrogens (tertiary/aromatic N) is 2. The van der Waals surface area contributed by atoms with Crippen LogP contribution in [0.1, 0.15) is 43.5 Å². The molecule has 1 heterocycles. The zero-order valence-electron chi connectivity index (χ0n) is 8.57. The highest BCUT2D eigenvalue weighted by Gasteiger charge is 2.26. The second kappa shape index (κ2) is 4.84. The van der Waals surface area contributed by atoms with Gasteiger partial charge in [-0.2, -0.15) is 0 Å². The smallest absolute Gasteiger partial charge is 0.0669 e. The molecular formula is C10H17N3S. The van der Waals surface area contributed by atoms with E-state index in [4.69, 9.17) is 0 Å². The topological polar surface area (TPSA) is 37.8 Å². The van der Waals surface area contributed by atoms with Crippen molar-refractivity contribution >= 4 is 11.5 Å². The Hall–Kier alpha value is -0.480. The van der Waals surface area contributed by atoms with Crippen LogP contribution in [0.2, 0.25) is 0 Å². The molecule has 0 aromatic carbocycles. The Kier molecular flexibility index (Phi) is 3.48. The van der Waals surface area contributed by atoms with Gasteiger partial charge in [0.1, 0.15) is 0 Å². The van der Waals surface area contributed by atoms with Gasteiger partial charge in [0.2, 0.25) is 0 Å². The molecule has 4 heteroatoms. The Morgan fingerprint density at radius 1 is 1.57 bits per heavy atom. The number of rotatable bonds is 4. The number of hydrogen-bond donors (Lipinski definition) is 1. The molecule has 1 aromatic heterocycles. The molecule has 3 nitrogen and oxygen atoms in total. The van der Waals surface area contributed by atoms with Gasteiger partial charge in [0.15, 0.2) is 0 Å². The second-order valence-electron chi connectivity index (χ2n) is 3.90. The van der Waals surface area contributed by atoms with E-state index in [0.717, 1.165) is 12.5 Å². The molecule has 1 aromatic rings. The van der Waals surface area contributed by atoms with Crippen molar-refractivity contribution in [2.45, 2.75) is 38.6 Å². The van der Waals surface area contributed by atoms with Crippen LogP contribution in [-0.4, -0.2) is 16.1 Å². The second-order valence-corrected chi connectivity index (χ2v) is 4.72. The summed E-state index contributed by atoms with van der Waals surface area (Å²) in [4.78, 5) is 1.30. The van der Waals surface area contributed by atoms with E-state index in [1.807, 2.05) is 6.20 Å². The summed E-state index contributed by atoms with van der Waals surface area (Å²) in [5.41, 5.74) is 0. The van der Waals surface area contributed by atoms with E-state index in [9.17, 15) is 0 Å². The van der Waals surface area contributed by atoms with Gasteiger partial charge < -0.3 is 5.32 Å². The van der Waals surface area contributed by atoms with E-state index in [1.165, 1.54) is 42.1 Å². The van der Waals surface area contributed by atoms with Crippen LogP contribution in [-0.2, 0) is 0 Å². The van der Waals surface area contributed by atoms with E-state index in [-0.39, 0.29) is 0 Å². The summed E-state index contributed by atoms with van der Waals surface area (Å²) in [5, 5.41) is 7.48. The number of nitrogens with one attached hydrogen (secondary N) is 1. The minimum atomic E-state index is 0.502. The van der Waals surface area contributed by atoms with Crippen LogP contribution in [0.4, 0.5) is 0 Å². The predicted octanol–water partition coefficient (Wildman–Crippen LogP) is 2.38. The highest BCUT2D eigenvalue weighted by Crippen LogP contribution is 2.36. The Labute approximate surface area is 89.1 Å². The molecule has 0 bridgehead atoms.